The van der Waals surface area contributed by atoms with Gasteiger partial charge in [0.2, 0.25) is 11.8 Å². The van der Waals surface area contributed by atoms with Gasteiger partial charge in [-0.2, -0.15) is 5.26 Å². The molecule has 5 heteroatoms. The van der Waals surface area contributed by atoms with Gasteiger partial charge in [-0.15, -0.1) is 0 Å². The number of imide groups is 1. The van der Waals surface area contributed by atoms with Crippen molar-refractivity contribution in [3.63, 3.8) is 0 Å². The van der Waals surface area contributed by atoms with Crippen molar-refractivity contribution in [2.75, 3.05) is 4.90 Å². The molecule has 3 aromatic rings. The highest BCUT2D eigenvalue weighted by Crippen LogP contribution is 2.53. The third kappa shape index (κ3) is 2.05. The molecule has 0 aromatic heterocycles. The largest absolute Gasteiger partial charge is 0.353 e. The Kier molecular flexibility index (Phi) is 3.42. The molecule has 5 nitrogen and oxygen atoms in total. The standard InChI is InChI=1S/C25H17N3O2/c26-14-20-21-22(23-18-10-4-2-7-16(18)12-13-27(20)23)25(30)28(24(21)29)19-11-5-8-15-6-1-3-9-17(15)19/h1-13,20-23H. The molecule has 0 N–H and O–H groups in total. The van der Waals surface area contributed by atoms with Crippen LogP contribution in [-0.2, 0) is 9.59 Å². The first kappa shape index (κ1) is 17.0. The second-order valence-corrected chi connectivity index (χ2v) is 7.97. The van der Waals surface area contributed by atoms with Gasteiger partial charge in [0.25, 0.3) is 0 Å². The number of hydrogen-bond acceptors (Lipinski definition) is 4. The first-order valence-electron chi connectivity index (χ1n) is 10.0. The van der Waals surface area contributed by atoms with E-state index in [2.05, 4.69) is 6.07 Å². The normalized spacial score (nSPS) is 26.5. The highest BCUT2D eigenvalue weighted by molar-refractivity contribution is 6.25. The fourth-order valence-corrected chi connectivity index (χ4v) is 5.35. The van der Waals surface area contributed by atoms with Gasteiger partial charge in [-0.25, -0.2) is 4.90 Å². The molecule has 2 saturated heterocycles. The summed E-state index contributed by atoms with van der Waals surface area (Å²) in [6, 6.07) is 22.6. The van der Waals surface area contributed by atoms with E-state index < -0.39 is 17.9 Å². The zero-order valence-electron chi connectivity index (χ0n) is 16.0. The maximum absolute atomic E-state index is 13.7. The van der Waals surface area contributed by atoms with E-state index in [9.17, 15) is 14.9 Å². The minimum Gasteiger partial charge on any atom is -0.353 e. The molecule has 3 aliphatic heterocycles. The van der Waals surface area contributed by atoms with Crippen LogP contribution >= 0.6 is 0 Å². The van der Waals surface area contributed by atoms with Crippen LogP contribution in [0.5, 0.6) is 0 Å². The van der Waals surface area contributed by atoms with Crippen LogP contribution < -0.4 is 4.90 Å². The summed E-state index contributed by atoms with van der Waals surface area (Å²) >= 11 is 0. The quantitative estimate of drug-likeness (QED) is 0.591. The second-order valence-electron chi connectivity index (χ2n) is 7.97. The first-order valence-corrected chi connectivity index (χ1v) is 10.0. The van der Waals surface area contributed by atoms with Gasteiger partial charge >= 0.3 is 0 Å². The van der Waals surface area contributed by atoms with E-state index >= 15 is 0 Å². The maximum atomic E-state index is 13.7. The van der Waals surface area contributed by atoms with Crippen LogP contribution in [0.15, 0.2) is 72.9 Å². The molecular formula is C25H17N3O2. The number of hydrogen-bond donors (Lipinski definition) is 0. The van der Waals surface area contributed by atoms with Gasteiger partial charge in [0, 0.05) is 11.6 Å². The Morgan fingerprint density at radius 3 is 2.43 bits per heavy atom. The summed E-state index contributed by atoms with van der Waals surface area (Å²) in [5.74, 6) is -1.76. The Morgan fingerprint density at radius 2 is 1.57 bits per heavy atom. The maximum Gasteiger partial charge on any atom is 0.240 e. The number of fused-ring (bicyclic) bond motifs is 6. The summed E-state index contributed by atoms with van der Waals surface area (Å²) in [5.41, 5.74) is 2.62. The molecule has 3 aromatic carbocycles. The smallest absolute Gasteiger partial charge is 0.240 e. The molecule has 0 bridgehead atoms. The van der Waals surface area contributed by atoms with Crippen LogP contribution in [0.1, 0.15) is 17.2 Å². The lowest BCUT2D eigenvalue weighted by Crippen LogP contribution is -2.40. The van der Waals surface area contributed by atoms with Crippen molar-refractivity contribution in [1.29, 1.82) is 5.26 Å². The van der Waals surface area contributed by atoms with E-state index in [0.29, 0.717) is 5.69 Å². The van der Waals surface area contributed by atoms with Crippen LogP contribution in [0.4, 0.5) is 5.69 Å². The molecule has 0 saturated carbocycles. The van der Waals surface area contributed by atoms with E-state index in [1.807, 2.05) is 83.9 Å². The lowest BCUT2D eigenvalue weighted by molar-refractivity contribution is -0.123. The van der Waals surface area contributed by atoms with Crippen LogP contribution in [0.2, 0.25) is 0 Å². The summed E-state index contributed by atoms with van der Waals surface area (Å²) in [6.45, 7) is 0. The molecule has 3 aliphatic rings. The van der Waals surface area contributed by atoms with Crippen molar-refractivity contribution in [1.82, 2.24) is 4.90 Å². The zero-order valence-corrected chi connectivity index (χ0v) is 16.0. The predicted octanol–water partition coefficient (Wildman–Crippen LogP) is 3.88. The van der Waals surface area contributed by atoms with E-state index in [1.54, 1.807) is 0 Å². The number of carbonyl (C=O) groups excluding carboxylic acids is 2. The van der Waals surface area contributed by atoms with E-state index in [4.69, 9.17) is 0 Å². The lowest BCUT2D eigenvalue weighted by atomic mass is 9.85. The number of nitriles is 1. The molecule has 0 radical (unpaired) electrons. The fraction of sp³-hybridized carbons (Fsp3) is 0.160. The molecule has 4 atom stereocenters. The summed E-state index contributed by atoms with van der Waals surface area (Å²) in [5, 5.41) is 11.8. The lowest BCUT2D eigenvalue weighted by Gasteiger charge is -2.33. The Labute approximate surface area is 173 Å². The minimum absolute atomic E-state index is 0.223. The summed E-state index contributed by atoms with van der Waals surface area (Å²) < 4.78 is 0. The average molecular weight is 391 g/mol. The number of nitrogens with zero attached hydrogens (tertiary/aromatic N) is 3. The highest BCUT2D eigenvalue weighted by Gasteiger charge is 2.63. The van der Waals surface area contributed by atoms with Gasteiger partial charge in [-0.05, 0) is 28.7 Å². The van der Waals surface area contributed by atoms with E-state index in [-0.39, 0.29) is 17.9 Å². The van der Waals surface area contributed by atoms with Crippen molar-refractivity contribution in [2.45, 2.75) is 12.1 Å². The van der Waals surface area contributed by atoms with Crippen molar-refractivity contribution < 1.29 is 9.59 Å². The van der Waals surface area contributed by atoms with Crippen molar-refractivity contribution in [3.8, 4) is 6.07 Å². The Balaban J connectivity index is 1.52. The molecule has 2 amide bonds. The third-order valence-corrected chi connectivity index (χ3v) is 6.60. The predicted molar refractivity (Wildman–Crippen MR) is 113 cm³/mol. The molecule has 4 unspecified atom stereocenters. The van der Waals surface area contributed by atoms with Crippen LogP contribution in [0.3, 0.4) is 0 Å². The SMILES string of the molecule is N#CC1C2C(=O)N(c3cccc4ccccc34)C(=O)C2C2c3ccccc3C=CN12. The summed E-state index contributed by atoms with van der Waals surface area (Å²) in [6.07, 6.45) is 3.82. The fourth-order valence-electron chi connectivity index (χ4n) is 5.35. The van der Waals surface area contributed by atoms with Crippen LogP contribution in [0, 0.1) is 23.2 Å². The van der Waals surface area contributed by atoms with Crippen molar-refractivity contribution in [2.24, 2.45) is 11.8 Å². The van der Waals surface area contributed by atoms with Gasteiger partial charge in [0.1, 0.15) is 6.04 Å². The van der Waals surface area contributed by atoms with Crippen LogP contribution in [-0.4, -0.2) is 22.8 Å². The third-order valence-electron chi connectivity index (χ3n) is 6.60. The Bertz CT molecular complexity index is 1300. The monoisotopic (exact) mass is 391 g/mol. The summed E-state index contributed by atoms with van der Waals surface area (Å²) in [4.78, 5) is 30.5. The van der Waals surface area contributed by atoms with Gasteiger partial charge in [0.15, 0.2) is 0 Å². The number of carbonyl (C=O) groups is 2. The van der Waals surface area contributed by atoms with Crippen molar-refractivity contribution in [3.05, 3.63) is 84.1 Å². The van der Waals surface area contributed by atoms with Crippen LogP contribution in [0.25, 0.3) is 16.8 Å². The topological polar surface area (TPSA) is 64.4 Å². The number of anilines is 1. The summed E-state index contributed by atoms with van der Waals surface area (Å²) in [7, 11) is 0. The molecule has 0 aliphatic carbocycles. The van der Waals surface area contributed by atoms with Gasteiger partial charge in [-0.3, -0.25) is 9.59 Å². The molecule has 6 rings (SSSR count). The number of rotatable bonds is 1. The zero-order chi connectivity index (χ0) is 20.4. The molecule has 2 fully saturated rings. The van der Waals surface area contributed by atoms with Crippen molar-refractivity contribution >= 4 is 34.4 Å². The van der Waals surface area contributed by atoms with E-state index in [1.165, 1.54) is 4.90 Å². The molecular weight excluding hydrogens is 374 g/mol. The highest BCUT2D eigenvalue weighted by atomic mass is 16.2. The number of amides is 2. The van der Waals surface area contributed by atoms with Gasteiger partial charge in [-0.1, -0.05) is 60.7 Å². The second kappa shape index (κ2) is 6.04. The Morgan fingerprint density at radius 1 is 0.833 bits per heavy atom. The number of benzene rings is 3. The van der Waals surface area contributed by atoms with Gasteiger partial charge in [0.05, 0.1) is 29.6 Å². The average Bonchev–Trinajstić information content (AvgIpc) is 3.26. The molecule has 144 valence electrons. The Hall–Kier alpha value is -3.91. The molecule has 3 heterocycles. The first-order chi connectivity index (χ1) is 14.7. The van der Waals surface area contributed by atoms with E-state index in [0.717, 1.165) is 21.9 Å². The molecule has 30 heavy (non-hydrogen) atoms. The van der Waals surface area contributed by atoms with Gasteiger partial charge < -0.3 is 4.90 Å². The molecule has 0 spiro atoms. The minimum atomic E-state index is -0.678.